The van der Waals surface area contributed by atoms with Crippen molar-refractivity contribution in [2.24, 2.45) is 5.92 Å². The lowest BCUT2D eigenvalue weighted by Gasteiger charge is -2.18. The van der Waals surface area contributed by atoms with E-state index in [1.165, 1.54) is 0 Å². The molecule has 2 rings (SSSR count). The second-order valence-electron chi connectivity index (χ2n) is 3.53. The van der Waals surface area contributed by atoms with Crippen LogP contribution in [0.3, 0.4) is 0 Å². The second kappa shape index (κ2) is 4.42. The van der Waals surface area contributed by atoms with E-state index in [-0.39, 0.29) is 6.61 Å². The number of halogens is 1. The van der Waals surface area contributed by atoms with Crippen molar-refractivity contribution in [2.75, 3.05) is 11.9 Å². The van der Waals surface area contributed by atoms with Crippen LogP contribution < -0.4 is 5.32 Å². The van der Waals surface area contributed by atoms with Gasteiger partial charge < -0.3 is 10.4 Å². The maximum atomic E-state index is 9.13. The standard InChI is InChI=1S/C8H12ClN3OS/c9-7-8(12-14-11-7)10-6-3-1-2-5(6)4-13/h5-6,13H,1-4H2,(H,10,12). The number of aromatic nitrogens is 2. The van der Waals surface area contributed by atoms with Crippen molar-refractivity contribution in [1.29, 1.82) is 0 Å². The molecule has 2 atom stereocenters. The van der Waals surface area contributed by atoms with Gasteiger partial charge in [0, 0.05) is 18.6 Å². The zero-order valence-electron chi connectivity index (χ0n) is 7.61. The predicted molar refractivity (Wildman–Crippen MR) is 56.8 cm³/mol. The fraction of sp³-hybridized carbons (Fsp3) is 0.750. The zero-order chi connectivity index (χ0) is 9.97. The summed E-state index contributed by atoms with van der Waals surface area (Å²) < 4.78 is 7.93. The summed E-state index contributed by atoms with van der Waals surface area (Å²) in [6.07, 6.45) is 3.29. The molecule has 1 aliphatic carbocycles. The lowest BCUT2D eigenvalue weighted by molar-refractivity contribution is 0.222. The van der Waals surface area contributed by atoms with Crippen molar-refractivity contribution in [3.8, 4) is 0 Å². The van der Waals surface area contributed by atoms with Gasteiger partial charge in [0.1, 0.15) is 0 Å². The Morgan fingerprint density at radius 1 is 1.50 bits per heavy atom. The molecule has 0 saturated heterocycles. The molecule has 0 amide bonds. The molecule has 1 aromatic heterocycles. The average Bonchev–Trinajstić information content (AvgIpc) is 2.77. The van der Waals surface area contributed by atoms with E-state index in [4.69, 9.17) is 16.7 Å². The molecular weight excluding hydrogens is 222 g/mol. The molecule has 78 valence electrons. The third-order valence-electron chi connectivity index (χ3n) is 2.66. The van der Waals surface area contributed by atoms with Gasteiger partial charge in [0.05, 0.1) is 11.7 Å². The van der Waals surface area contributed by atoms with E-state index in [2.05, 4.69) is 14.1 Å². The smallest absolute Gasteiger partial charge is 0.186 e. The van der Waals surface area contributed by atoms with Crippen LogP contribution in [0.4, 0.5) is 5.82 Å². The fourth-order valence-corrected chi connectivity index (χ4v) is 2.54. The van der Waals surface area contributed by atoms with Gasteiger partial charge in [0.25, 0.3) is 0 Å². The van der Waals surface area contributed by atoms with Crippen LogP contribution >= 0.6 is 23.3 Å². The number of aliphatic hydroxyl groups is 1. The highest BCUT2D eigenvalue weighted by Gasteiger charge is 2.27. The third-order valence-corrected chi connectivity index (χ3v) is 3.56. The van der Waals surface area contributed by atoms with Crippen LogP contribution in [-0.2, 0) is 0 Å². The summed E-state index contributed by atoms with van der Waals surface area (Å²) in [5.74, 6) is 0.981. The molecule has 0 radical (unpaired) electrons. The molecule has 2 N–H and O–H groups in total. The Bertz CT molecular complexity index is 307. The molecule has 0 spiro atoms. The van der Waals surface area contributed by atoms with Gasteiger partial charge in [-0.05, 0) is 12.8 Å². The first-order chi connectivity index (χ1) is 6.81. The van der Waals surface area contributed by atoms with Gasteiger partial charge in [-0.2, -0.15) is 8.75 Å². The van der Waals surface area contributed by atoms with Crippen LogP contribution in [0.25, 0.3) is 0 Å². The van der Waals surface area contributed by atoms with E-state index < -0.39 is 0 Å². The molecule has 14 heavy (non-hydrogen) atoms. The Morgan fingerprint density at radius 2 is 2.36 bits per heavy atom. The van der Waals surface area contributed by atoms with E-state index in [1.54, 1.807) is 0 Å². The molecule has 0 bridgehead atoms. The summed E-state index contributed by atoms with van der Waals surface area (Å²) in [5, 5.41) is 12.8. The highest BCUT2D eigenvalue weighted by molar-refractivity contribution is 6.99. The Hall–Kier alpha value is -0.390. The molecular formula is C8H12ClN3OS. The summed E-state index contributed by atoms with van der Waals surface area (Å²) in [7, 11) is 0. The van der Waals surface area contributed by atoms with Crippen molar-refractivity contribution < 1.29 is 5.11 Å². The van der Waals surface area contributed by atoms with Gasteiger partial charge >= 0.3 is 0 Å². The minimum atomic E-state index is 0.229. The Morgan fingerprint density at radius 3 is 3.00 bits per heavy atom. The van der Waals surface area contributed by atoms with E-state index >= 15 is 0 Å². The molecule has 4 nitrogen and oxygen atoms in total. The van der Waals surface area contributed by atoms with Crippen molar-refractivity contribution in [2.45, 2.75) is 25.3 Å². The number of nitrogens with zero attached hydrogens (tertiary/aromatic N) is 2. The molecule has 1 saturated carbocycles. The van der Waals surface area contributed by atoms with Gasteiger partial charge in [-0.15, -0.1) is 0 Å². The van der Waals surface area contributed by atoms with E-state index in [1.807, 2.05) is 0 Å². The van der Waals surface area contributed by atoms with E-state index in [9.17, 15) is 0 Å². The maximum Gasteiger partial charge on any atom is 0.186 e. The molecule has 0 aliphatic heterocycles. The third kappa shape index (κ3) is 1.99. The SMILES string of the molecule is OCC1CCCC1Nc1nsnc1Cl. The van der Waals surface area contributed by atoms with Crippen LogP contribution in [0.1, 0.15) is 19.3 Å². The summed E-state index contributed by atoms with van der Waals surface area (Å²) in [4.78, 5) is 0. The minimum Gasteiger partial charge on any atom is -0.396 e. The number of rotatable bonds is 3. The number of anilines is 1. The molecule has 1 aromatic rings. The summed E-state index contributed by atoms with van der Waals surface area (Å²) in [5.41, 5.74) is 0. The van der Waals surface area contributed by atoms with Crippen molar-refractivity contribution in [1.82, 2.24) is 8.75 Å². The van der Waals surface area contributed by atoms with E-state index in [0.717, 1.165) is 31.0 Å². The molecule has 1 fully saturated rings. The van der Waals surface area contributed by atoms with Crippen LogP contribution in [0.2, 0.25) is 5.15 Å². The van der Waals surface area contributed by atoms with Gasteiger partial charge in [0.15, 0.2) is 11.0 Å². The average molecular weight is 234 g/mol. The second-order valence-corrected chi connectivity index (χ2v) is 4.41. The van der Waals surface area contributed by atoms with Crippen molar-refractivity contribution in [3.63, 3.8) is 0 Å². The normalized spacial score (nSPS) is 26.7. The lowest BCUT2D eigenvalue weighted by atomic mass is 10.1. The first-order valence-corrected chi connectivity index (χ1v) is 5.77. The van der Waals surface area contributed by atoms with Crippen molar-refractivity contribution in [3.05, 3.63) is 5.15 Å². The Balaban J connectivity index is 2.00. The monoisotopic (exact) mass is 233 g/mol. The van der Waals surface area contributed by atoms with Gasteiger partial charge in [-0.25, -0.2) is 0 Å². The van der Waals surface area contributed by atoms with Crippen LogP contribution in [0.15, 0.2) is 0 Å². The topological polar surface area (TPSA) is 58.0 Å². The fourth-order valence-electron chi connectivity index (χ4n) is 1.88. The number of nitrogens with one attached hydrogen (secondary N) is 1. The number of aliphatic hydroxyl groups excluding tert-OH is 1. The summed E-state index contributed by atoms with van der Waals surface area (Å²) in [6, 6.07) is 0.293. The first kappa shape index (κ1) is 10.1. The molecule has 2 unspecified atom stereocenters. The highest BCUT2D eigenvalue weighted by atomic mass is 35.5. The number of hydrogen-bond donors (Lipinski definition) is 2. The molecule has 1 aliphatic rings. The van der Waals surface area contributed by atoms with Crippen LogP contribution in [0.5, 0.6) is 0 Å². The quantitative estimate of drug-likeness (QED) is 0.836. The lowest BCUT2D eigenvalue weighted by Crippen LogP contribution is -2.26. The van der Waals surface area contributed by atoms with E-state index in [0.29, 0.717) is 22.9 Å². The Kier molecular flexibility index (Phi) is 3.20. The summed E-state index contributed by atoms with van der Waals surface area (Å²) in [6.45, 7) is 0.229. The van der Waals surface area contributed by atoms with Crippen LogP contribution in [-0.4, -0.2) is 26.5 Å². The zero-order valence-corrected chi connectivity index (χ0v) is 9.18. The number of hydrogen-bond acceptors (Lipinski definition) is 5. The highest BCUT2D eigenvalue weighted by Crippen LogP contribution is 2.29. The molecule has 1 heterocycles. The Labute approximate surface area is 91.6 Å². The largest absolute Gasteiger partial charge is 0.396 e. The predicted octanol–water partition coefficient (Wildman–Crippen LogP) is 1.76. The molecule has 6 heteroatoms. The van der Waals surface area contributed by atoms with Crippen LogP contribution in [0, 0.1) is 5.92 Å². The van der Waals surface area contributed by atoms with Gasteiger partial charge in [-0.3, -0.25) is 0 Å². The maximum absolute atomic E-state index is 9.13. The summed E-state index contributed by atoms with van der Waals surface area (Å²) >= 11 is 6.92. The van der Waals surface area contributed by atoms with Gasteiger partial charge in [-0.1, -0.05) is 18.0 Å². The molecule has 0 aromatic carbocycles. The first-order valence-electron chi connectivity index (χ1n) is 4.66. The van der Waals surface area contributed by atoms with Crippen molar-refractivity contribution >= 4 is 29.1 Å². The minimum absolute atomic E-state index is 0.229. The van der Waals surface area contributed by atoms with Gasteiger partial charge in [0.2, 0.25) is 0 Å².